The topological polar surface area (TPSA) is 96.0 Å². The standard InChI is InChI=1S/C32H38ClN3O5S/c1-4-30(32(38)34-26-9-5-6-10-26)35(21-24-8-7-11-28(20-24)41-3)31(37)22-36(27-16-14-25(33)15-17-27)42(39,40)29-18-12-23(2)13-19-29/h7-8,11-20,26,30H,4-6,9-10,21-22H2,1-3H3,(H,34,38)/t30-/m1/s1. The number of hydrogen-bond donors (Lipinski definition) is 1. The van der Waals surface area contributed by atoms with Crippen LogP contribution < -0.4 is 14.4 Å². The minimum absolute atomic E-state index is 0.0567. The summed E-state index contributed by atoms with van der Waals surface area (Å²) < 4.78 is 34.4. The summed E-state index contributed by atoms with van der Waals surface area (Å²) in [4.78, 5) is 29.3. The van der Waals surface area contributed by atoms with Crippen LogP contribution >= 0.6 is 11.6 Å². The zero-order valence-electron chi connectivity index (χ0n) is 24.3. The highest BCUT2D eigenvalue weighted by atomic mass is 35.5. The molecule has 42 heavy (non-hydrogen) atoms. The highest BCUT2D eigenvalue weighted by Gasteiger charge is 2.34. The molecule has 8 nitrogen and oxygen atoms in total. The normalized spacial score (nSPS) is 14.3. The van der Waals surface area contributed by atoms with Crippen molar-refractivity contribution < 1.29 is 22.7 Å². The maximum absolute atomic E-state index is 14.2. The Balaban J connectivity index is 1.71. The van der Waals surface area contributed by atoms with Gasteiger partial charge in [-0.25, -0.2) is 8.42 Å². The van der Waals surface area contributed by atoms with E-state index in [1.807, 2.05) is 32.0 Å². The third-order valence-corrected chi connectivity index (χ3v) is 9.62. The Morgan fingerprint density at radius 2 is 1.69 bits per heavy atom. The Labute approximate surface area is 253 Å². The molecule has 0 aromatic heterocycles. The van der Waals surface area contributed by atoms with Gasteiger partial charge >= 0.3 is 0 Å². The molecule has 0 aliphatic heterocycles. The Hall–Kier alpha value is -3.56. The van der Waals surface area contributed by atoms with Crippen LogP contribution in [0.15, 0.2) is 77.7 Å². The van der Waals surface area contributed by atoms with Gasteiger partial charge in [-0.05, 0) is 80.3 Å². The average molecular weight is 612 g/mol. The first-order chi connectivity index (χ1) is 20.1. The number of methoxy groups -OCH3 is 1. The molecule has 10 heteroatoms. The molecule has 1 saturated carbocycles. The summed E-state index contributed by atoms with van der Waals surface area (Å²) in [6.07, 6.45) is 4.29. The lowest BCUT2D eigenvalue weighted by atomic mass is 10.1. The molecule has 1 aliphatic rings. The second-order valence-corrected chi connectivity index (χ2v) is 12.9. The number of carbonyl (C=O) groups is 2. The van der Waals surface area contributed by atoms with E-state index in [1.54, 1.807) is 49.6 Å². The lowest BCUT2D eigenvalue weighted by molar-refractivity contribution is -0.140. The van der Waals surface area contributed by atoms with Crippen molar-refractivity contribution >= 4 is 39.1 Å². The zero-order valence-corrected chi connectivity index (χ0v) is 25.8. The Kier molecular flexibility index (Phi) is 10.5. The van der Waals surface area contributed by atoms with Gasteiger partial charge < -0.3 is 15.0 Å². The van der Waals surface area contributed by atoms with Crippen molar-refractivity contribution in [2.24, 2.45) is 0 Å². The molecule has 1 aliphatic carbocycles. The average Bonchev–Trinajstić information content (AvgIpc) is 3.49. The molecule has 0 heterocycles. The van der Waals surface area contributed by atoms with E-state index in [1.165, 1.54) is 17.0 Å². The van der Waals surface area contributed by atoms with Gasteiger partial charge in [-0.3, -0.25) is 13.9 Å². The number of ether oxygens (including phenoxy) is 1. The largest absolute Gasteiger partial charge is 0.497 e. The predicted octanol–water partition coefficient (Wildman–Crippen LogP) is 5.72. The molecular formula is C32H38ClN3O5S. The molecule has 3 aromatic carbocycles. The molecule has 2 amide bonds. The maximum Gasteiger partial charge on any atom is 0.264 e. The van der Waals surface area contributed by atoms with Crippen LogP contribution in [0.3, 0.4) is 0 Å². The molecule has 0 radical (unpaired) electrons. The molecule has 1 atom stereocenters. The van der Waals surface area contributed by atoms with E-state index >= 15 is 0 Å². The van der Waals surface area contributed by atoms with Crippen molar-refractivity contribution in [3.63, 3.8) is 0 Å². The number of halogens is 1. The number of aryl methyl sites for hydroxylation is 1. The molecule has 4 rings (SSSR count). The number of hydrogen-bond acceptors (Lipinski definition) is 5. The number of nitrogens with one attached hydrogen (secondary N) is 1. The first-order valence-corrected chi connectivity index (χ1v) is 16.0. The Bertz CT molecular complexity index is 1470. The number of rotatable bonds is 12. The number of sulfonamides is 1. The van der Waals surface area contributed by atoms with Gasteiger partial charge in [0.25, 0.3) is 10.0 Å². The molecule has 3 aromatic rings. The van der Waals surface area contributed by atoms with Gasteiger partial charge in [-0.15, -0.1) is 0 Å². The van der Waals surface area contributed by atoms with Crippen molar-refractivity contribution in [2.45, 2.75) is 69.5 Å². The van der Waals surface area contributed by atoms with Crippen molar-refractivity contribution in [1.29, 1.82) is 0 Å². The van der Waals surface area contributed by atoms with E-state index in [2.05, 4.69) is 5.32 Å². The highest BCUT2D eigenvalue weighted by Crippen LogP contribution is 2.27. The molecule has 0 bridgehead atoms. The Morgan fingerprint density at radius 3 is 2.31 bits per heavy atom. The summed E-state index contributed by atoms with van der Waals surface area (Å²) in [7, 11) is -2.58. The summed E-state index contributed by atoms with van der Waals surface area (Å²) in [6, 6.07) is 19.3. The van der Waals surface area contributed by atoms with Crippen LogP contribution in [0.4, 0.5) is 5.69 Å². The molecule has 224 valence electrons. The lowest BCUT2D eigenvalue weighted by Crippen LogP contribution is -2.53. The highest BCUT2D eigenvalue weighted by molar-refractivity contribution is 7.92. The van der Waals surface area contributed by atoms with Gasteiger partial charge in [-0.1, -0.05) is 61.2 Å². The SMILES string of the molecule is CC[C@H](C(=O)NC1CCCC1)N(Cc1cccc(OC)c1)C(=O)CN(c1ccc(Cl)cc1)S(=O)(=O)c1ccc(C)cc1. The van der Waals surface area contributed by atoms with Crippen LogP contribution in [0.1, 0.15) is 50.2 Å². The van der Waals surface area contributed by atoms with Gasteiger partial charge in [0.15, 0.2) is 0 Å². The van der Waals surface area contributed by atoms with E-state index in [0.717, 1.165) is 41.1 Å². The van der Waals surface area contributed by atoms with Gasteiger partial charge in [0.1, 0.15) is 18.3 Å². The number of benzene rings is 3. The van der Waals surface area contributed by atoms with Crippen molar-refractivity contribution in [1.82, 2.24) is 10.2 Å². The van der Waals surface area contributed by atoms with Crippen LogP contribution in [0.2, 0.25) is 5.02 Å². The summed E-state index contributed by atoms with van der Waals surface area (Å²) in [5, 5.41) is 3.56. The van der Waals surface area contributed by atoms with Crippen molar-refractivity contribution in [2.75, 3.05) is 18.0 Å². The van der Waals surface area contributed by atoms with Gasteiger partial charge in [0, 0.05) is 17.6 Å². The van der Waals surface area contributed by atoms with Crippen LogP contribution in [-0.4, -0.2) is 50.9 Å². The third-order valence-electron chi connectivity index (χ3n) is 7.58. The first kappa shape index (κ1) is 31.4. The van der Waals surface area contributed by atoms with Crippen LogP contribution in [0.5, 0.6) is 5.75 Å². The molecule has 0 saturated heterocycles. The fourth-order valence-electron chi connectivity index (χ4n) is 5.23. The van der Waals surface area contributed by atoms with Gasteiger partial charge in [0.05, 0.1) is 17.7 Å². The molecule has 1 N–H and O–H groups in total. The molecular weight excluding hydrogens is 574 g/mol. The summed E-state index contributed by atoms with van der Waals surface area (Å²) >= 11 is 6.10. The van der Waals surface area contributed by atoms with Crippen LogP contribution in [0.25, 0.3) is 0 Å². The van der Waals surface area contributed by atoms with Crippen LogP contribution in [-0.2, 0) is 26.2 Å². The minimum atomic E-state index is -4.14. The van der Waals surface area contributed by atoms with E-state index < -0.39 is 28.5 Å². The molecule has 0 spiro atoms. The molecule has 1 fully saturated rings. The minimum Gasteiger partial charge on any atom is -0.497 e. The molecule has 0 unspecified atom stereocenters. The van der Waals surface area contributed by atoms with E-state index in [4.69, 9.17) is 16.3 Å². The summed E-state index contributed by atoms with van der Waals surface area (Å²) in [5.74, 6) is -0.120. The summed E-state index contributed by atoms with van der Waals surface area (Å²) in [5.41, 5.74) is 1.96. The van der Waals surface area contributed by atoms with Gasteiger partial charge in [0.2, 0.25) is 11.8 Å². The van der Waals surface area contributed by atoms with E-state index in [-0.39, 0.29) is 29.1 Å². The van der Waals surface area contributed by atoms with E-state index in [0.29, 0.717) is 17.2 Å². The third kappa shape index (κ3) is 7.63. The number of amides is 2. The fourth-order valence-corrected chi connectivity index (χ4v) is 6.77. The number of anilines is 1. The second kappa shape index (κ2) is 14.1. The number of carbonyl (C=O) groups excluding carboxylic acids is 2. The zero-order chi connectivity index (χ0) is 30.3. The van der Waals surface area contributed by atoms with Crippen LogP contribution in [0, 0.1) is 6.92 Å². The second-order valence-electron chi connectivity index (χ2n) is 10.6. The van der Waals surface area contributed by atoms with E-state index in [9.17, 15) is 18.0 Å². The Morgan fingerprint density at radius 1 is 1.02 bits per heavy atom. The fraction of sp³-hybridized carbons (Fsp3) is 0.375. The van der Waals surface area contributed by atoms with Gasteiger partial charge in [-0.2, -0.15) is 0 Å². The maximum atomic E-state index is 14.2. The first-order valence-electron chi connectivity index (χ1n) is 14.2. The van der Waals surface area contributed by atoms with Crippen molar-refractivity contribution in [3.05, 3.63) is 88.9 Å². The van der Waals surface area contributed by atoms with Crippen molar-refractivity contribution in [3.8, 4) is 5.75 Å². The number of nitrogens with zero attached hydrogens (tertiary/aromatic N) is 2. The summed E-state index contributed by atoms with van der Waals surface area (Å²) in [6.45, 7) is 3.32. The monoisotopic (exact) mass is 611 g/mol. The quantitative estimate of drug-likeness (QED) is 0.283. The smallest absolute Gasteiger partial charge is 0.264 e. The lowest BCUT2D eigenvalue weighted by Gasteiger charge is -2.34. The predicted molar refractivity (Wildman–Crippen MR) is 165 cm³/mol.